The first-order chi connectivity index (χ1) is 5.43. The van der Waals surface area contributed by atoms with Gasteiger partial charge < -0.3 is 9.47 Å². The molecule has 2 heteroatoms. The molecule has 1 heterocycles. The van der Waals surface area contributed by atoms with Crippen molar-refractivity contribution in [2.24, 2.45) is 0 Å². The molecule has 0 amide bonds. The summed E-state index contributed by atoms with van der Waals surface area (Å²) in [4.78, 5) is 0. The molecule has 11 heavy (non-hydrogen) atoms. The van der Waals surface area contributed by atoms with Crippen LogP contribution in [0.2, 0.25) is 0 Å². The minimum Gasteiger partial charge on any atom is -0.494 e. The molecule has 0 aromatic carbocycles. The van der Waals surface area contributed by atoms with Gasteiger partial charge in [-0.3, -0.25) is 0 Å². The molecule has 0 aromatic heterocycles. The molecule has 0 spiro atoms. The van der Waals surface area contributed by atoms with Crippen LogP contribution in [0.5, 0.6) is 0 Å². The van der Waals surface area contributed by atoms with Crippen LogP contribution in [0.25, 0.3) is 0 Å². The van der Waals surface area contributed by atoms with Crippen molar-refractivity contribution in [1.29, 1.82) is 0 Å². The topological polar surface area (TPSA) is 18.5 Å². The van der Waals surface area contributed by atoms with E-state index >= 15 is 0 Å². The predicted molar refractivity (Wildman–Crippen MR) is 42.5 cm³/mol. The highest BCUT2D eigenvalue weighted by atomic mass is 16.5. The van der Waals surface area contributed by atoms with Crippen molar-refractivity contribution in [1.82, 2.24) is 0 Å². The zero-order valence-electron chi connectivity index (χ0n) is 6.80. The summed E-state index contributed by atoms with van der Waals surface area (Å²) < 4.78 is 10.2. The molecule has 0 saturated heterocycles. The minimum atomic E-state index is 0.774. The second-order valence-corrected chi connectivity index (χ2v) is 2.42. The van der Waals surface area contributed by atoms with Crippen LogP contribution in [0, 0.1) is 6.26 Å². The summed E-state index contributed by atoms with van der Waals surface area (Å²) in [5.41, 5.74) is 0. The molecule has 0 N–H and O–H groups in total. The molecule has 1 aliphatic rings. The van der Waals surface area contributed by atoms with Gasteiger partial charge in [-0.2, -0.15) is 0 Å². The van der Waals surface area contributed by atoms with Crippen LogP contribution in [0.1, 0.15) is 26.2 Å². The monoisotopic (exact) mass is 153 g/mol. The van der Waals surface area contributed by atoms with E-state index < -0.39 is 0 Å². The van der Waals surface area contributed by atoms with E-state index in [0.29, 0.717) is 0 Å². The first kappa shape index (κ1) is 8.18. The first-order valence-electron chi connectivity index (χ1n) is 3.98. The van der Waals surface area contributed by atoms with Crippen LogP contribution in [-0.4, -0.2) is 6.61 Å². The molecular formula is C9H13O2. The number of hydrogen-bond donors (Lipinski definition) is 0. The number of allylic oxidation sites excluding steroid dienone is 1. The van der Waals surface area contributed by atoms with Gasteiger partial charge in [0.15, 0.2) is 0 Å². The average Bonchev–Trinajstić information content (AvgIpc) is 2.07. The van der Waals surface area contributed by atoms with E-state index in [1.54, 1.807) is 6.26 Å². The fourth-order valence-corrected chi connectivity index (χ4v) is 0.773. The Labute approximate surface area is 67.5 Å². The Bertz CT molecular complexity index is 159. The van der Waals surface area contributed by atoms with Gasteiger partial charge in [0.1, 0.15) is 5.76 Å². The van der Waals surface area contributed by atoms with Gasteiger partial charge in [-0.15, -0.1) is 0 Å². The summed E-state index contributed by atoms with van der Waals surface area (Å²) >= 11 is 0. The van der Waals surface area contributed by atoms with Crippen molar-refractivity contribution in [2.45, 2.75) is 26.2 Å². The summed E-state index contributed by atoms with van der Waals surface area (Å²) in [5, 5.41) is 0. The molecule has 0 aliphatic carbocycles. The second-order valence-electron chi connectivity index (χ2n) is 2.42. The Morgan fingerprint density at radius 2 is 2.64 bits per heavy atom. The van der Waals surface area contributed by atoms with Gasteiger partial charge in [0.25, 0.3) is 0 Å². The number of rotatable bonds is 4. The highest BCUT2D eigenvalue weighted by Crippen LogP contribution is 2.09. The van der Waals surface area contributed by atoms with Crippen molar-refractivity contribution < 1.29 is 9.47 Å². The molecule has 1 rings (SSSR count). The van der Waals surface area contributed by atoms with Crippen LogP contribution in [0.4, 0.5) is 0 Å². The lowest BCUT2D eigenvalue weighted by atomic mass is 10.3. The van der Waals surface area contributed by atoms with E-state index in [9.17, 15) is 0 Å². The molecule has 0 unspecified atom stereocenters. The predicted octanol–water partition coefficient (Wildman–Crippen LogP) is 2.38. The third-order valence-corrected chi connectivity index (χ3v) is 1.41. The number of unbranched alkanes of at least 4 members (excludes halogenated alkanes) is 1. The Morgan fingerprint density at radius 1 is 1.73 bits per heavy atom. The zero-order valence-corrected chi connectivity index (χ0v) is 6.80. The molecular weight excluding hydrogens is 140 g/mol. The standard InChI is InChI=1S/C9H13O2/c1-2-3-7-11-9-5-4-6-10-8-9/h4,6H,2-3,5,7H2,1H3. The van der Waals surface area contributed by atoms with Gasteiger partial charge in [0, 0.05) is 6.42 Å². The first-order valence-corrected chi connectivity index (χ1v) is 3.98. The van der Waals surface area contributed by atoms with Gasteiger partial charge in [-0.1, -0.05) is 13.3 Å². The van der Waals surface area contributed by atoms with Gasteiger partial charge >= 0.3 is 0 Å². The summed E-state index contributed by atoms with van der Waals surface area (Å²) in [6.45, 7) is 2.91. The summed E-state index contributed by atoms with van der Waals surface area (Å²) in [7, 11) is 0. The molecule has 1 radical (unpaired) electrons. The van der Waals surface area contributed by atoms with E-state index in [0.717, 1.165) is 31.6 Å². The zero-order chi connectivity index (χ0) is 7.94. The summed E-state index contributed by atoms with van der Waals surface area (Å²) in [5.74, 6) is 0.806. The molecule has 0 saturated carbocycles. The van der Waals surface area contributed by atoms with E-state index in [2.05, 4.69) is 13.2 Å². The molecule has 1 aliphatic heterocycles. The molecule has 0 bridgehead atoms. The van der Waals surface area contributed by atoms with Crippen LogP contribution in [0.15, 0.2) is 18.1 Å². The van der Waals surface area contributed by atoms with Crippen LogP contribution in [0.3, 0.4) is 0 Å². The normalized spacial score (nSPS) is 15.5. The van der Waals surface area contributed by atoms with Crippen LogP contribution in [-0.2, 0) is 9.47 Å². The van der Waals surface area contributed by atoms with Crippen molar-refractivity contribution in [3.05, 3.63) is 24.4 Å². The lowest BCUT2D eigenvalue weighted by Crippen LogP contribution is -1.97. The van der Waals surface area contributed by atoms with E-state index in [1.165, 1.54) is 0 Å². The maximum Gasteiger partial charge on any atom is 0.210 e. The molecule has 2 nitrogen and oxygen atoms in total. The largest absolute Gasteiger partial charge is 0.494 e. The SMILES string of the molecule is CCCCOC1=[C]OC=CC1. The maximum atomic E-state index is 5.35. The van der Waals surface area contributed by atoms with Crippen molar-refractivity contribution in [3.63, 3.8) is 0 Å². The van der Waals surface area contributed by atoms with Crippen molar-refractivity contribution >= 4 is 0 Å². The Hall–Kier alpha value is -0.920. The minimum absolute atomic E-state index is 0.774. The summed E-state index contributed by atoms with van der Waals surface area (Å²) in [6.07, 6.45) is 9.28. The molecule has 61 valence electrons. The van der Waals surface area contributed by atoms with Crippen molar-refractivity contribution in [2.75, 3.05) is 6.61 Å². The smallest absolute Gasteiger partial charge is 0.210 e. The lowest BCUT2D eigenvalue weighted by Gasteiger charge is -2.08. The van der Waals surface area contributed by atoms with E-state index in [-0.39, 0.29) is 0 Å². The fourth-order valence-electron chi connectivity index (χ4n) is 0.773. The van der Waals surface area contributed by atoms with Gasteiger partial charge in [0.05, 0.1) is 12.9 Å². The summed E-state index contributed by atoms with van der Waals surface area (Å²) in [6, 6.07) is 0. The molecule has 0 atom stereocenters. The van der Waals surface area contributed by atoms with E-state index in [1.807, 2.05) is 6.08 Å². The highest BCUT2D eigenvalue weighted by Gasteiger charge is 2.00. The average molecular weight is 153 g/mol. The molecule has 0 fully saturated rings. The highest BCUT2D eigenvalue weighted by molar-refractivity contribution is 4.97. The van der Waals surface area contributed by atoms with Crippen LogP contribution < -0.4 is 0 Å². The number of hydrogen-bond acceptors (Lipinski definition) is 2. The Morgan fingerprint density at radius 3 is 3.27 bits per heavy atom. The van der Waals surface area contributed by atoms with Gasteiger partial charge in [0.2, 0.25) is 6.26 Å². The molecule has 0 aromatic rings. The van der Waals surface area contributed by atoms with Crippen LogP contribution >= 0.6 is 0 Å². The Kier molecular flexibility index (Phi) is 3.59. The number of ether oxygens (including phenoxy) is 2. The maximum absolute atomic E-state index is 5.35. The van der Waals surface area contributed by atoms with Gasteiger partial charge in [-0.05, 0) is 12.5 Å². The third-order valence-electron chi connectivity index (χ3n) is 1.41. The lowest BCUT2D eigenvalue weighted by molar-refractivity contribution is 0.177. The van der Waals surface area contributed by atoms with Gasteiger partial charge in [-0.25, -0.2) is 0 Å². The third kappa shape index (κ3) is 3.12. The van der Waals surface area contributed by atoms with E-state index in [4.69, 9.17) is 9.47 Å². The fraction of sp³-hybridized carbons (Fsp3) is 0.556. The quantitative estimate of drug-likeness (QED) is 0.577. The second kappa shape index (κ2) is 4.83. The Balaban J connectivity index is 2.11. The van der Waals surface area contributed by atoms with Crippen molar-refractivity contribution in [3.8, 4) is 0 Å².